The lowest BCUT2D eigenvalue weighted by Gasteiger charge is -2.15. The molecule has 0 aliphatic carbocycles. The van der Waals surface area contributed by atoms with Gasteiger partial charge in [0.25, 0.3) is 0 Å². The molecule has 0 aliphatic rings. The zero-order valence-corrected chi connectivity index (χ0v) is 13.8. The number of rotatable bonds is 4. The molecule has 0 aliphatic heterocycles. The second-order valence-corrected chi connectivity index (χ2v) is 6.19. The highest BCUT2D eigenvalue weighted by Gasteiger charge is 2.11. The molecule has 0 saturated carbocycles. The number of carbonyl (C=O) groups excluding carboxylic acids is 1. The van der Waals surface area contributed by atoms with Crippen LogP contribution in [0, 0.1) is 5.82 Å². The standard InChI is InChI=1S/C16H13ClFN3OS/c1-20(10-11-4-2-3-5-12(11)18)14(22)7-6-13-15(17)19-16-21(13)8-9-23-16/h2-9H,10H2,1H3/b7-6+. The first-order chi connectivity index (χ1) is 11.1. The number of thiazole rings is 1. The number of likely N-dealkylation sites (N-methyl/N-ethyl adjacent to an activating group) is 1. The minimum atomic E-state index is -0.324. The van der Waals surface area contributed by atoms with Gasteiger partial charge in [0.1, 0.15) is 5.82 Å². The molecule has 0 bridgehead atoms. The van der Waals surface area contributed by atoms with Crippen molar-refractivity contribution in [3.05, 3.63) is 64.1 Å². The van der Waals surface area contributed by atoms with Crippen molar-refractivity contribution in [3.63, 3.8) is 0 Å². The molecule has 1 aromatic carbocycles. The van der Waals surface area contributed by atoms with Crippen LogP contribution in [0.25, 0.3) is 11.0 Å². The van der Waals surface area contributed by atoms with E-state index in [-0.39, 0.29) is 18.3 Å². The quantitative estimate of drug-likeness (QED) is 0.671. The molecule has 2 aromatic heterocycles. The van der Waals surface area contributed by atoms with Gasteiger partial charge in [-0.15, -0.1) is 11.3 Å². The van der Waals surface area contributed by atoms with Crippen molar-refractivity contribution in [1.82, 2.24) is 14.3 Å². The first-order valence-electron chi connectivity index (χ1n) is 6.84. The molecule has 0 spiro atoms. The molecule has 23 heavy (non-hydrogen) atoms. The molecule has 3 aromatic rings. The third kappa shape index (κ3) is 3.28. The van der Waals surface area contributed by atoms with Crippen LogP contribution in [0.1, 0.15) is 11.3 Å². The minimum Gasteiger partial charge on any atom is -0.338 e. The van der Waals surface area contributed by atoms with Crippen LogP contribution in [0.4, 0.5) is 4.39 Å². The molecule has 0 N–H and O–H groups in total. The number of hydrogen-bond donors (Lipinski definition) is 0. The van der Waals surface area contributed by atoms with Gasteiger partial charge in [-0.2, -0.15) is 0 Å². The van der Waals surface area contributed by atoms with E-state index < -0.39 is 0 Å². The molecule has 118 valence electrons. The fraction of sp³-hybridized carbons (Fsp3) is 0.125. The van der Waals surface area contributed by atoms with Gasteiger partial charge in [-0.25, -0.2) is 9.37 Å². The smallest absolute Gasteiger partial charge is 0.246 e. The van der Waals surface area contributed by atoms with Gasteiger partial charge >= 0.3 is 0 Å². The molecule has 0 fully saturated rings. The normalized spacial score (nSPS) is 11.4. The number of carbonyl (C=O) groups is 1. The van der Waals surface area contributed by atoms with Crippen LogP contribution >= 0.6 is 22.9 Å². The minimum absolute atomic E-state index is 0.198. The van der Waals surface area contributed by atoms with E-state index in [2.05, 4.69) is 4.98 Å². The highest BCUT2D eigenvalue weighted by Crippen LogP contribution is 2.22. The molecule has 0 atom stereocenters. The van der Waals surface area contributed by atoms with E-state index in [4.69, 9.17) is 11.6 Å². The number of amides is 1. The first-order valence-corrected chi connectivity index (χ1v) is 8.09. The molecule has 0 unspecified atom stereocenters. The van der Waals surface area contributed by atoms with Crippen LogP contribution in [0.5, 0.6) is 0 Å². The Kier molecular flexibility index (Phi) is 4.45. The summed E-state index contributed by atoms with van der Waals surface area (Å²) in [6, 6.07) is 6.40. The summed E-state index contributed by atoms with van der Waals surface area (Å²) in [5, 5.41) is 2.24. The number of hydrogen-bond acceptors (Lipinski definition) is 3. The van der Waals surface area contributed by atoms with Crippen molar-refractivity contribution < 1.29 is 9.18 Å². The second kappa shape index (κ2) is 6.52. The van der Waals surface area contributed by atoms with E-state index in [0.717, 1.165) is 4.96 Å². The number of benzene rings is 1. The molecule has 4 nitrogen and oxygen atoms in total. The topological polar surface area (TPSA) is 37.6 Å². The van der Waals surface area contributed by atoms with Crippen molar-refractivity contribution in [2.75, 3.05) is 7.05 Å². The summed E-state index contributed by atoms with van der Waals surface area (Å²) >= 11 is 7.53. The Morgan fingerprint density at radius 2 is 2.26 bits per heavy atom. The van der Waals surface area contributed by atoms with Gasteiger partial charge in [0.05, 0.1) is 5.69 Å². The molecule has 0 saturated heterocycles. The SMILES string of the molecule is CN(Cc1ccccc1F)C(=O)/C=C/c1c(Cl)nc2sccn12. The van der Waals surface area contributed by atoms with Gasteiger partial charge in [0, 0.05) is 36.8 Å². The fourth-order valence-electron chi connectivity index (χ4n) is 2.16. The molecule has 0 radical (unpaired) electrons. The highest BCUT2D eigenvalue weighted by molar-refractivity contribution is 7.15. The molecule has 2 heterocycles. The van der Waals surface area contributed by atoms with Crippen LogP contribution in [-0.2, 0) is 11.3 Å². The summed E-state index contributed by atoms with van der Waals surface area (Å²) in [5.74, 6) is -0.565. The monoisotopic (exact) mass is 349 g/mol. The Balaban J connectivity index is 1.74. The Hall–Kier alpha value is -2.18. The zero-order chi connectivity index (χ0) is 16.4. The lowest BCUT2D eigenvalue weighted by Crippen LogP contribution is -2.24. The Morgan fingerprint density at radius 3 is 3.04 bits per heavy atom. The van der Waals surface area contributed by atoms with Crippen LogP contribution in [0.3, 0.4) is 0 Å². The average Bonchev–Trinajstić information content (AvgIpc) is 3.08. The van der Waals surface area contributed by atoms with E-state index in [1.807, 2.05) is 16.0 Å². The second-order valence-electron chi connectivity index (χ2n) is 4.96. The molecule has 3 rings (SSSR count). The van der Waals surface area contributed by atoms with E-state index >= 15 is 0 Å². The van der Waals surface area contributed by atoms with Crippen molar-refractivity contribution in [2.45, 2.75) is 6.54 Å². The summed E-state index contributed by atoms with van der Waals surface area (Å²) < 4.78 is 15.4. The summed E-state index contributed by atoms with van der Waals surface area (Å²) in [5.41, 5.74) is 1.12. The van der Waals surface area contributed by atoms with Crippen molar-refractivity contribution in [1.29, 1.82) is 0 Å². The van der Waals surface area contributed by atoms with Gasteiger partial charge in [0.15, 0.2) is 10.1 Å². The third-order valence-corrected chi connectivity index (χ3v) is 4.41. The molecular weight excluding hydrogens is 337 g/mol. The summed E-state index contributed by atoms with van der Waals surface area (Å²) in [6.07, 6.45) is 4.87. The van der Waals surface area contributed by atoms with Gasteiger partial charge < -0.3 is 4.90 Å². The summed E-state index contributed by atoms with van der Waals surface area (Å²) in [7, 11) is 1.62. The Morgan fingerprint density at radius 1 is 1.48 bits per heavy atom. The maximum atomic E-state index is 13.6. The van der Waals surface area contributed by atoms with Gasteiger partial charge in [-0.1, -0.05) is 29.8 Å². The lowest BCUT2D eigenvalue weighted by molar-refractivity contribution is -0.125. The van der Waals surface area contributed by atoms with Gasteiger partial charge in [0.2, 0.25) is 5.91 Å². The largest absolute Gasteiger partial charge is 0.338 e. The fourth-order valence-corrected chi connectivity index (χ4v) is 3.17. The highest BCUT2D eigenvalue weighted by atomic mass is 35.5. The van der Waals surface area contributed by atoms with Gasteiger partial charge in [-0.3, -0.25) is 9.20 Å². The van der Waals surface area contributed by atoms with E-state index in [1.54, 1.807) is 31.3 Å². The predicted molar refractivity (Wildman–Crippen MR) is 90.0 cm³/mol. The predicted octanol–water partition coefficient (Wildman–Crippen LogP) is 3.86. The van der Waals surface area contributed by atoms with Crippen LogP contribution < -0.4 is 0 Å². The number of aromatic nitrogens is 2. The van der Waals surface area contributed by atoms with Crippen molar-refractivity contribution in [2.24, 2.45) is 0 Å². The van der Waals surface area contributed by atoms with Crippen molar-refractivity contribution >= 4 is 39.9 Å². The zero-order valence-electron chi connectivity index (χ0n) is 12.2. The van der Waals surface area contributed by atoms with Crippen LogP contribution in [-0.4, -0.2) is 27.2 Å². The summed E-state index contributed by atoms with van der Waals surface area (Å²) in [4.78, 5) is 18.6. The Bertz CT molecular complexity index is 886. The number of imidazole rings is 1. The maximum absolute atomic E-state index is 13.6. The van der Waals surface area contributed by atoms with E-state index in [9.17, 15) is 9.18 Å². The van der Waals surface area contributed by atoms with Crippen molar-refractivity contribution in [3.8, 4) is 0 Å². The molecular formula is C16H13ClFN3OS. The first kappa shape index (κ1) is 15.7. The molecule has 7 heteroatoms. The number of fused-ring (bicyclic) bond motifs is 1. The third-order valence-electron chi connectivity index (χ3n) is 3.38. The van der Waals surface area contributed by atoms with Gasteiger partial charge in [-0.05, 0) is 12.1 Å². The number of nitrogens with zero attached hydrogens (tertiary/aromatic N) is 3. The summed E-state index contributed by atoms with van der Waals surface area (Å²) in [6.45, 7) is 0.198. The van der Waals surface area contributed by atoms with E-state index in [0.29, 0.717) is 16.4 Å². The Labute approximate surface area is 141 Å². The lowest BCUT2D eigenvalue weighted by atomic mass is 10.2. The maximum Gasteiger partial charge on any atom is 0.246 e. The molecule has 1 amide bonds. The van der Waals surface area contributed by atoms with Crippen LogP contribution in [0.2, 0.25) is 5.15 Å². The van der Waals surface area contributed by atoms with Crippen LogP contribution in [0.15, 0.2) is 41.9 Å². The average molecular weight is 350 g/mol. The number of halogens is 2. The van der Waals surface area contributed by atoms with E-state index in [1.165, 1.54) is 28.4 Å².